The quantitative estimate of drug-likeness (QED) is 0.329. The molecule has 0 unspecified atom stereocenters. The van der Waals surface area contributed by atoms with E-state index in [9.17, 15) is 18.3 Å². The standard InChI is InChI=1S/C35H40ClN3O6S2/c1-44-29-6-2-3-7-31(32(40)34-37-15-16-46-34)47(42,43)38-33(41)23-9-13-30-28(18-23)39(19-24-8-11-26(24)29)20-35(21-45-30)14-4-5-22-17-25(36)10-12-27(22)35/h2,6,9-10,12-13,15-18,24,26,29,31-32,40H,3-5,7-8,11,14,19-21H2,1H3,(H,38,41)/b6-2+/t24-,26+,29-,31-,32-,35-/m0/s1. The van der Waals surface area contributed by atoms with Crippen molar-refractivity contribution in [3.63, 3.8) is 0 Å². The highest BCUT2D eigenvalue weighted by atomic mass is 35.5. The first-order valence-electron chi connectivity index (χ1n) is 16.3. The summed E-state index contributed by atoms with van der Waals surface area (Å²) in [5.74, 6) is 0.562. The van der Waals surface area contributed by atoms with E-state index in [1.54, 1.807) is 30.7 Å². The first kappa shape index (κ1) is 32.6. The summed E-state index contributed by atoms with van der Waals surface area (Å²) in [5.41, 5.74) is 3.21. The SMILES string of the molecule is CO[C@H]1/C=C/CC[C@@H]([C@H](O)c2nccs2)S(=O)(=O)NC(=O)c2ccc3c(c2)N(C[C@@H]2CC[C@H]21)C[C@@]1(CCCc2cc(Cl)ccc21)CO3. The number of hydrogen-bond donors (Lipinski definition) is 2. The maximum Gasteiger partial charge on any atom is 0.264 e. The van der Waals surface area contributed by atoms with Gasteiger partial charge < -0.3 is 19.5 Å². The fourth-order valence-electron chi connectivity index (χ4n) is 7.97. The number of hydrogen-bond acceptors (Lipinski definition) is 9. The van der Waals surface area contributed by atoms with Crippen LogP contribution in [-0.4, -0.2) is 62.6 Å². The van der Waals surface area contributed by atoms with E-state index in [1.165, 1.54) is 28.7 Å². The van der Waals surface area contributed by atoms with Crippen molar-refractivity contribution in [3.05, 3.63) is 86.8 Å². The van der Waals surface area contributed by atoms with Crippen molar-refractivity contribution in [1.29, 1.82) is 0 Å². The molecule has 0 radical (unpaired) electrons. The van der Waals surface area contributed by atoms with E-state index in [0.29, 0.717) is 31.2 Å². The van der Waals surface area contributed by atoms with Crippen LogP contribution < -0.4 is 14.4 Å². The van der Waals surface area contributed by atoms with Crippen LogP contribution in [0, 0.1) is 11.8 Å². The number of rotatable bonds is 3. The number of nitrogens with one attached hydrogen (secondary N) is 1. The van der Waals surface area contributed by atoms with Crippen LogP contribution in [0.5, 0.6) is 5.75 Å². The Kier molecular flexibility index (Phi) is 9.12. The maximum atomic E-state index is 13.7. The molecule has 47 heavy (non-hydrogen) atoms. The van der Waals surface area contributed by atoms with Crippen LogP contribution in [-0.2, 0) is 26.6 Å². The van der Waals surface area contributed by atoms with Crippen LogP contribution >= 0.6 is 22.9 Å². The number of ether oxygens (including phenoxy) is 2. The van der Waals surface area contributed by atoms with Crippen LogP contribution in [0.15, 0.2) is 60.1 Å². The van der Waals surface area contributed by atoms with Crippen molar-refractivity contribution >= 4 is 44.6 Å². The van der Waals surface area contributed by atoms with Crippen LogP contribution in [0.1, 0.15) is 71.1 Å². The van der Waals surface area contributed by atoms with Crippen LogP contribution in [0.2, 0.25) is 5.02 Å². The van der Waals surface area contributed by atoms with Gasteiger partial charge in [0.05, 0.1) is 18.4 Å². The molecule has 2 aliphatic heterocycles. The molecule has 3 aromatic rings. The highest BCUT2D eigenvalue weighted by Crippen LogP contribution is 2.47. The fourth-order valence-corrected chi connectivity index (χ4v) is 10.4. The molecule has 1 fully saturated rings. The van der Waals surface area contributed by atoms with Gasteiger partial charge in [-0.3, -0.25) is 4.79 Å². The van der Waals surface area contributed by atoms with E-state index in [2.05, 4.69) is 26.7 Å². The van der Waals surface area contributed by atoms with E-state index < -0.39 is 27.3 Å². The summed E-state index contributed by atoms with van der Waals surface area (Å²) in [6, 6.07) is 11.3. The zero-order valence-corrected chi connectivity index (χ0v) is 28.7. The van der Waals surface area contributed by atoms with Gasteiger partial charge >= 0.3 is 0 Å². The van der Waals surface area contributed by atoms with Gasteiger partial charge in [-0.1, -0.05) is 29.8 Å². The molecule has 2 aliphatic carbocycles. The number of aliphatic hydroxyl groups excluding tert-OH is 1. The molecule has 7 rings (SSSR count). The minimum absolute atomic E-state index is 0.102. The van der Waals surface area contributed by atoms with Crippen molar-refractivity contribution in [1.82, 2.24) is 9.71 Å². The average molecular weight is 698 g/mol. The number of anilines is 1. The van der Waals surface area contributed by atoms with Gasteiger partial charge in [0, 0.05) is 47.8 Å². The van der Waals surface area contributed by atoms with Gasteiger partial charge in [-0.25, -0.2) is 18.1 Å². The monoisotopic (exact) mass is 697 g/mol. The maximum absolute atomic E-state index is 13.7. The Balaban J connectivity index is 1.29. The summed E-state index contributed by atoms with van der Waals surface area (Å²) in [6.45, 7) is 1.93. The predicted molar refractivity (Wildman–Crippen MR) is 183 cm³/mol. The summed E-state index contributed by atoms with van der Waals surface area (Å²) in [4.78, 5) is 20.2. The Morgan fingerprint density at radius 3 is 2.85 bits per heavy atom. The minimum Gasteiger partial charge on any atom is -0.490 e. The Morgan fingerprint density at radius 1 is 1.21 bits per heavy atom. The number of aryl methyl sites for hydroxylation is 1. The molecule has 0 saturated heterocycles. The van der Waals surface area contributed by atoms with Crippen molar-refractivity contribution in [2.75, 3.05) is 31.7 Å². The number of aliphatic hydroxyl groups is 1. The zero-order chi connectivity index (χ0) is 32.8. The molecule has 9 nitrogen and oxygen atoms in total. The number of amides is 1. The Labute approximate surface area is 285 Å². The third-order valence-electron chi connectivity index (χ3n) is 10.6. The predicted octanol–water partition coefficient (Wildman–Crippen LogP) is 5.82. The number of carbonyl (C=O) groups is 1. The van der Waals surface area contributed by atoms with E-state index >= 15 is 0 Å². The van der Waals surface area contributed by atoms with Gasteiger partial charge in [0.15, 0.2) is 0 Å². The van der Waals surface area contributed by atoms with E-state index in [1.807, 2.05) is 18.2 Å². The number of methoxy groups -OCH3 is 1. The van der Waals surface area contributed by atoms with Crippen LogP contribution in [0.4, 0.5) is 5.69 Å². The molecule has 12 heteroatoms. The number of fused-ring (bicyclic) bond motifs is 4. The molecule has 3 heterocycles. The molecular formula is C35H40ClN3O6S2. The Morgan fingerprint density at radius 2 is 2.09 bits per heavy atom. The summed E-state index contributed by atoms with van der Waals surface area (Å²) >= 11 is 7.60. The van der Waals surface area contributed by atoms with Gasteiger partial charge in [-0.15, -0.1) is 11.3 Å². The fraction of sp³-hybridized carbons (Fsp3) is 0.486. The van der Waals surface area contributed by atoms with Gasteiger partial charge in [-0.05, 0) is 98.2 Å². The van der Waals surface area contributed by atoms with Crippen LogP contribution in [0.3, 0.4) is 0 Å². The second kappa shape index (κ2) is 13.2. The summed E-state index contributed by atoms with van der Waals surface area (Å²) in [6.07, 6.45) is 9.49. The topological polar surface area (TPSA) is 118 Å². The highest BCUT2D eigenvalue weighted by molar-refractivity contribution is 7.90. The van der Waals surface area contributed by atoms with Gasteiger partial charge in [0.1, 0.15) is 22.1 Å². The lowest BCUT2D eigenvalue weighted by Crippen LogP contribution is -2.49. The number of nitrogens with zero attached hydrogens (tertiary/aromatic N) is 2. The molecule has 1 aromatic heterocycles. The number of sulfonamides is 1. The number of thiazole rings is 1. The molecular weight excluding hydrogens is 658 g/mol. The van der Waals surface area contributed by atoms with E-state index in [4.69, 9.17) is 21.1 Å². The molecule has 1 spiro atoms. The molecule has 1 amide bonds. The molecule has 6 atom stereocenters. The molecule has 2 aromatic carbocycles. The molecule has 1 saturated carbocycles. The summed E-state index contributed by atoms with van der Waals surface area (Å²) in [5, 5.41) is 12.6. The smallest absolute Gasteiger partial charge is 0.264 e. The Hall–Kier alpha value is -2.96. The number of carbonyl (C=O) groups excluding carboxylic acids is 1. The normalized spacial score (nSPS) is 30.1. The first-order valence-corrected chi connectivity index (χ1v) is 19.1. The lowest BCUT2D eigenvalue weighted by Gasteiger charge is -2.46. The van der Waals surface area contributed by atoms with Crippen molar-refractivity contribution < 1.29 is 27.8 Å². The molecule has 250 valence electrons. The third kappa shape index (κ3) is 6.33. The largest absolute Gasteiger partial charge is 0.490 e. The van der Waals surface area contributed by atoms with Crippen molar-refractivity contribution in [2.24, 2.45) is 11.8 Å². The second-order valence-corrected chi connectivity index (χ2v) is 16.6. The lowest BCUT2D eigenvalue weighted by atomic mass is 9.68. The van der Waals surface area contributed by atoms with E-state index in [-0.39, 0.29) is 34.4 Å². The third-order valence-corrected chi connectivity index (χ3v) is 13.4. The van der Waals surface area contributed by atoms with Crippen LogP contribution in [0.25, 0.3) is 0 Å². The molecule has 4 aliphatic rings. The summed E-state index contributed by atoms with van der Waals surface area (Å²) < 4.78 is 42.3. The lowest BCUT2D eigenvalue weighted by molar-refractivity contribution is 0.0131. The Bertz CT molecular complexity index is 1770. The number of allylic oxidation sites excluding steroid dienone is 1. The van der Waals surface area contributed by atoms with Crippen molar-refractivity contribution in [3.8, 4) is 5.75 Å². The molecule has 2 bridgehead atoms. The molecule has 2 N–H and O–H groups in total. The van der Waals surface area contributed by atoms with E-state index in [0.717, 1.165) is 49.4 Å². The number of aromatic nitrogens is 1. The second-order valence-electron chi connectivity index (χ2n) is 13.3. The van der Waals surface area contributed by atoms with Gasteiger partial charge in [0.2, 0.25) is 10.0 Å². The highest BCUT2D eigenvalue weighted by Gasteiger charge is 2.45. The van der Waals surface area contributed by atoms with Gasteiger partial charge in [0.25, 0.3) is 5.91 Å². The summed E-state index contributed by atoms with van der Waals surface area (Å²) in [7, 11) is -2.59. The number of benzene rings is 2. The zero-order valence-electron chi connectivity index (χ0n) is 26.3. The first-order chi connectivity index (χ1) is 22.7. The number of halogens is 1. The average Bonchev–Trinajstić information content (AvgIpc) is 3.54. The minimum atomic E-state index is -4.31. The van der Waals surface area contributed by atoms with Crippen molar-refractivity contribution in [2.45, 2.75) is 67.8 Å². The van der Waals surface area contributed by atoms with Gasteiger partial charge in [-0.2, -0.15) is 0 Å².